The third-order valence-corrected chi connectivity index (χ3v) is 3.02. The number of aryl methyl sites for hydroxylation is 1. The molecule has 0 aliphatic carbocycles. The Labute approximate surface area is 125 Å². The Hall–Kier alpha value is -2.50. The van der Waals surface area contributed by atoms with Crippen molar-refractivity contribution in [3.63, 3.8) is 0 Å². The lowest BCUT2D eigenvalue weighted by atomic mass is 10.1. The number of ether oxygens (including phenoxy) is 1. The third-order valence-electron chi connectivity index (χ3n) is 3.02. The summed E-state index contributed by atoms with van der Waals surface area (Å²) >= 11 is 0. The summed E-state index contributed by atoms with van der Waals surface area (Å²) in [5.74, 6) is -4.51. The van der Waals surface area contributed by atoms with Crippen LogP contribution in [0.2, 0.25) is 0 Å². The van der Waals surface area contributed by atoms with Gasteiger partial charge >= 0.3 is 0 Å². The standard InChI is InChI=1S/C16H14F3NO2/c1-2-10-5-3-4-6-13(10)22-9-14(21)20-12-8-7-11(17)15(18)16(12)19/h3-8H,2,9H2,1H3,(H,20,21). The van der Waals surface area contributed by atoms with E-state index >= 15 is 0 Å². The second-order valence-corrected chi connectivity index (χ2v) is 4.52. The van der Waals surface area contributed by atoms with E-state index in [1.54, 1.807) is 12.1 Å². The molecule has 0 heterocycles. The van der Waals surface area contributed by atoms with Gasteiger partial charge in [0.15, 0.2) is 24.1 Å². The van der Waals surface area contributed by atoms with Gasteiger partial charge in [0.2, 0.25) is 0 Å². The minimum atomic E-state index is -1.63. The fourth-order valence-corrected chi connectivity index (χ4v) is 1.89. The highest BCUT2D eigenvalue weighted by atomic mass is 19.2. The van der Waals surface area contributed by atoms with Gasteiger partial charge in [0.05, 0.1) is 5.69 Å². The molecule has 0 atom stereocenters. The lowest BCUT2D eigenvalue weighted by Gasteiger charge is -2.11. The highest BCUT2D eigenvalue weighted by Gasteiger charge is 2.15. The van der Waals surface area contributed by atoms with Gasteiger partial charge in [-0.1, -0.05) is 25.1 Å². The van der Waals surface area contributed by atoms with Crippen molar-refractivity contribution in [3.8, 4) is 5.75 Å². The zero-order valence-corrected chi connectivity index (χ0v) is 11.8. The Morgan fingerprint density at radius 3 is 2.55 bits per heavy atom. The van der Waals surface area contributed by atoms with Crippen LogP contribution in [0.5, 0.6) is 5.75 Å². The molecule has 1 N–H and O–H groups in total. The predicted molar refractivity (Wildman–Crippen MR) is 76.3 cm³/mol. The molecule has 0 spiro atoms. The predicted octanol–water partition coefficient (Wildman–Crippen LogP) is 3.68. The van der Waals surface area contributed by atoms with Crippen LogP contribution in [-0.4, -0.2) is 12.5 Å². The van der Waals surface area contributed by atoms with Gasteiger partial charge < -0.3 is 10.1 Å². The molecule has 0 bridgehead atoms. The van der Waals surface area contributed by atoms with Gasteiger partial charge in [0, 0.05) is 0 Å². The van der Waals surface area contributed by atoms with Crippen LogP contribution in [0.15, 0.2) is 36.4 Å². The van der Waals surface area contributed by atoms with E-state index in [2.05, 4.69) is 5.32 Å². The number of rotatable bonds is 5. The molecule has 3 nitrogen and oxygen atoms in total. The molecule has 116 valence electrons. The molecule has 0 aromatic heterocycles. The summed E-state index contributed by atoms with van der Waals surface area (Å²) in [7, 11) is 0. The lowest BCUT2D eigenvalue weighted by Crippen LogP contribution is -2.21. The average molecular weight is 309 g/mol. The van der Waals surface area contributed by atoms with Gasteiger partial charge in [0.25, 0.3) is 5.91 Å². The first-order valence-electron chi connectivity index (χ1n) is 6.67. The smallest absolute Gasteiger partial charge is 0.262 e. The number of para-hydroxylation sites is 1. The maximum Gasteiger partial charge on any atom is 0.262 e. The normalized spacial score (nSPS) is 10.4. The van der Waals surface area contributed by atoms with Crippen LogP contribution in [0.25, 0.3) is 0 Å². The van der Waals surface area contributed by atoms with Crippen molar-refractivity contribution in [2.24, 2.45) is 0 Å². The SMILES string of the molecule is CCc1ccccc1OCC(=O)Nc1ccc(F)c(F)c1F. The summed E-state index contributed by atoms with van der Waals surface area (Å²) in [5.41, 5.74) is 0.491. The number of carbonyl (C=O) groups excluding carboxylic acids is 1. The van der Waals surface area contributed by atoms with Crippen LogP contribution in [0, 0.1) is 17.5 Å². The number of hydrogen-bond acceptors (Lipinski definition) is 2. The first kappa shape index (κ1) is 15.9. The molecule has 2 aromatic rings. The Kier molecular flexibility index (Phi) is 5.04. The minimum absolute atomic E-state index is 0.366. The highest BCUT2D eigenvalue weighted by molar-refractivity contribution is 5.92. The first-order chi connectivity index (χ1) is 10.5. The molecular weight excluding hydrogens is 295 g/mol. The van der Waals surface area contributed by atoms with E-state index < -0.39 is 29.0 Å². The molecule has 0 radical (unpaired) electrons. The molecule has 1 amide bonds. The summed E-state index contributed by atoms with van der Waals surface area (Å²) in [5, 5.41) is 2.14. The fraction of sp³-hybridized carbons (Fsp3) is 0.188. The molecule has 0 aliphatic heterocycles. The summed E-state index contributed by atoms with van der Waals surface area (Å²) in [4.78, 5) is 11.7. The summed E-state index contributed by atoms with van der Waals surface area (Å²) in [6, 6.07) is 8.88. The zero-order valence-electron chi connectivity index (χ0n) is 11.8. The first-order valence-corrected chi connectivity index (χ1v) is 6.67. The Balaban J connectivity index is 2.01. The van der Waals surface area contributed by atoms with Crippen molar-refractivity contribution in [3.05, 3.63) is 59.4 Å². The molecule has 0 aliphatic rings. The van der Waals surface area contributed by atoms with Crippen LogP contribution in [0.3, 0.4) is 0 Å². The molecule has 2 rings (SSSR count). The van der Waals surface area contributed by atoms with Crippen molar-refractivity contribution in [2.45, 2.75) is 13.3 Å². The quantitative estimate of drug-likeness (QED) is 0.856. The number of benzene rings is 2. The van der Waals surface area contributed by atoms with Crippen molar-refractivity contribution >= 4 is 11.6 Å². The van der Waals surface area contributed by atoms with Crippen molar-refractivity contribution in [1.29, 1.82) is 0 Å². The van der Waals surface area contributed by atoms with Gasteiger partial charge in [-0.3, -0.25) is 4.79 Å². The van der Waals surface area contributed by atoms with Gasteiger partial charge in [-0.2, -0.15) is 0 Å². The number of hydrogen-bond donors (Lipinski definition) is 1. The molecule has 0 saturated heterocycles. The Bertz CT molecular complexity index is 689. The number of anilines is 1. The van der Waals surface area contributed by atoms with Crippen LogP contribution < -0.4 is 10.1 Å². The van der Waals surface area contributed by atoms with Crippen LogP contribution in [0.1, 0.15) is 12.5 Å². The fourth-order valence-electron chi connectivity index (χ4n) is 1.89. The maximum atomic E-state index is 13.4. The van der Waals surface area contributed by atoms with E-state index in [1.165, 1.54) is 0 Å². The van der Waals surface area contributed by atoms with Crippen molar-refractivity contribution in [2.75, 3.05) is 11.9 Å². The van der Waals surface area contributed by atoms with E-state index in [-0.39, 0.29) is 6.61 Å². The zero-order chi connectivity index (χ0) is 16.1. The Morgan fingerprint density at radius 1 is 1.09 bits per heavy atom. The van der Waals surface area contributed by atoms with Crippen molar-refractivity contribution < 1.29 is 22.7 Å². The topological polar surface area (TPSA) is 38.3 Å². The van der Waals surface area contributed by atoms with Gasteiger partial charge in [-0.25, -0.2) is 13.2 Å². The maximum absolute atomic E-state index is 13.4. The monoisotopic (exact) mass is 309 g/mol. The lowest BCUT2D eigenvalue weighted by molar-refractivity contribution is -0.118. The van der Waals surface area contributed by atoms with Crippen molar-refractivity contribution in [1.82, 2.24) is 0 Å². The van der Waals surface area contributed by atoms with Crippen LogP contribution >= 0.6 is 0 Å². The molecule has 0 saturated carbocycles. The molecule has 0 unspecified atom stereocenters. The Morgan fingerprint density at radius 2 is 1.82 bits per heavy atom. The molecule has 2 aromatic carbocycles. The molecule has 6 heteroatoms. The molecule has 22 heavy (non-hydrogen) atoms. The minimum Gasteiger partial charge on any atom is -0.483 e. The van der Waals surface area contributed by atoms with Gasteiger partial charge in [-0.15, -0.1) is 0 Å². The summed E-state index contributed by atoms with van der Waals surface area (Å²) in [6.45, 7) is 1.58. The van der Waals surface area contributed by atoms with Crippen LogP contribution in [-0.2, 0) is 11.2 Å². The van der Waals surface area contributed by atoms with Gasteiger partial charge in [0.1, 0.15) is 5.75 Å². The van der Waals surface area contributed by atoms with E-state index in [1.807, 2.05) is 19.1 Å². The second-order valence-electron chi connectivity index (χ2n) is 4.52. The third kappa shape index (κ3) is 3.58. The number of carbonyl (C=O) groups is 1. The average Bonchev–Trinajstić information content (AvgIpc) is 2.53. The number of halogens is 3. The number of amides is 1. The van der Waals surface area contributed by atoms with Gasteiger partial charge in [-0.05, 0) is 30.2 Å². The summed E-state index contributed by atoms with van der Waals surface area (Å²) < 4.78 is 44.6. The van der Waals surface area contributed by atoms with Crippen LogP contribution in [0.4, 0.5) is 18.9 Å². The number of nitrogens with one attached hydrogen (secondary N) is 1. The highest BCUT2D eigenvalue weighted by Crippen LogP contribution is 2.20. The molecular formula is C16H14F3NO2. The second kappa shape index (κ2) is 6.98. The van der Waals surface area contributed by atoms with E-state index in [0.717, 1.165) is 24.1 Å². The molecule has 0 fully saturated rings. The summed E-state index contributed by atoms with van der Waals surface area (Å²) in [6.07, 6.45) is 0.732. The van der Waals surface area contributed by atoms with E-state index in [9.17, 15) is 18.0 Å². The van der Waals surface area contributed by atoms with E-state index in [0.29, 0.717) is 5.75 Å². The van der Waals surface area contributed by atoms with E-state index in [4.69, 9.17) is 4.74 Å². The largest absolute Gasteiger partial charge is 0.483 e.